The van der Waals surface area contributed by atoms with Crippen LogP contribution in [0.3, 0.4) is 0 Å². The highest BCUT2D eigenvalue weighted by atomic mass is 16.5. The van der Waals surface area contributed by atoms with E-state index in [2.05, 4.69) is 38.1 Å². The van der Waals surface area contributed by atoms with Crippen LogP contribution in [0.5, 0.6) is 0 Å². The van der Waals surface area contributed by atoms with Gasteiger partial charge in [-0.05, 0) is 18.9 Å². The van der Waals surface area contributed by atoms with Gasteiger partial charge in [-0.25, -0.2) is 0 Å². The summed E-state index contributed by atoms with van der Waals surface area (Å²) in [5.41, 5.74) is 1.27. The molecule has 0 aliphatic rings. The molecule has 0 aliphatic carbocycles. The highest BCUT2D eigenvalue weighted by molar-refractivity contribution is 5.13. The van der Waals surface area contributed by atoms with Crippen LogP contribution >= 0.6 is 0 Å². The van der Waals surface area contributed by atoms with Crippen LogP contribution in [0, 0.1) is 0 Å². The molecule has 0 heterocycles. The van der Waals surface area contributed by atoms with E-state index in [0.29, 0.717) is 6.10 Å². The van der Waals surface area contributed by atoms with E-state index < -0.39 is 0 Å². The molecule has 1 atom stereocenters. The van der Waals surface area contributed by atoms with Crippen LogP contribution in [0.4, 0.5) is 0 Å². The van der Waals surface area contributed by atoms with Gasteiger partial charge in [0.25, 0.3) is 0 Å². The minimum absolute atomic E-state index is 0.386. The van der Waals surface area contributed by atoms with Crippen molar-refractivity contribution in [2.45, 2.75) is 58.7 Å². The predicted octanol–water partition coefficient (Wildman–Crippen LogP) is 4.56. The van der Waals surface area contributed by atoms with Crippen molar-refractivity contribution in [2.75, 3.05) is 0 Å². The van der Waals surface area contributed by atoms with Crippen molar-refractivity contribution in [3.63, 3.8) is 0 Å². The zero-order chi connectivity index (χ0) is 11.6. The van der Waals surface area contributed by atoms with Crippen LogP contribution in [0.15, 0.2) is 30.3 Å². The predicted molar refractivity (Wildman–Crippen MR) is 69.5 cm³/mol. The van der Waals surface area contributed by atoms with Crippen molar-refractivity contribution in [3.05, 3.63) is 35.9 Å². The first-order valence-electron chi connectivity index (χ1n) is 6.48. The maximum Gasteiger partial charge on any atom is 0.0720 e. The van der Waals surface area contributed by atoms with E-state index in [4.69, 9.17) is 4.74 Å². The number of benzene rings is 1. The van der Waals surface area contributed by atoms with Crippen molar-refractivity contribution in [1.29, 1.82) is 0 Å². The molecule has 0 N–H and O–H groups in total. The lowest BCUT2D eigenvalue weighted by Gasteiger charge is -2.12. The van der Waals surface area contributed by atoms with Gasteiger partial charge >= 0.3 is 0 Å². The molecule has 0 aliphatic heterocycles. The summed E-state index contributed by atoms with van der Waals surface area (Å²) in [5.74, 6) is 0. The third-order valence-corrected chi connectivity index (χ3v) is 2.84. The minimum atomic E-state index is 0.386. The lowest BCUT2D eigenvalue weighted by atomic mass is 10.1. The molecule has 1 aromatic carbocycles. The van der Waals surface area contributed by atoms with E-state index in [1.54, 1.807) is 0 Å². The highest BCUT2D eigenvalue weighted by Gasteiger charge is 2.02. The van der Waals surface area contributed by atoms with E-state index in [1.165, 1.54) is 37.7 Å². The van der Waals surface area contributed by atoms with E-state index in [1.807, 2.05) is 6.07 Å². The van der Waals surface area contributed by atoms with Crippen LogP contribution in [0.2, 0.25) is 0 Å². The maximum absolute atomic E-state index is 5.81. The van der Waals surface area contributed by atoms with Gasteiger partial charge in [-0.15, -0.1) is 0 Å². The number of unbranched alkanes of at least 4 members (excludes halogenated alkanes) is 3. The summed E-state index contributed by atoms with van der Waals surface area (Å²) >= 11 is 0. The quantitative estimate of drug-likeness (QED) is 0.583. The van der Waals surface area contributed by atoms with Crippen molar-refractivity contribution in [3.8, 4) is 0 Å². The first-order valence-corrected chi connectivity index (χ1v) is 6.48. The minimum Gasteiger partial charge on any atom is -0.374 e. The highest BCUT2D eigenvalue weighted by Crippen LogP contribution is 2.10. The summed E-state index contributed by atoms with van der Waals surface area (Å²) in [6.45, 7) is 5.17. The van der Waals surface area contributed by atoms with Gasteiger partial charge in [-0.3, -0.25) is 0 Å². The Labute approximate surface area is 99.8 Å². The van der Waals surface area contributed by atoms with Crippen molar-refractivity contribution in [2.24, 2.45) is 0 Å². The Kier molecular flexibility index (Phi) is 6.91. The average Bonchev–Trinajstić information content (AvgIpc) is 2.33. The van der Waals surface area contributed by atoms with Crippen LogP contribution < -0.4 is 0 Å². The molecule has 16 heavy (non-hydrogen) atoms. The summed E-state index contributed by atoms with van der Waals surface area (Å²) in [6.07, 6.45) is 6.87. The fraction of sp³-hybridized carbons (Fsp3) is 0.600. The van der Waals surface area contributed by atoms with Gasteiger partial charge < -0.3 is 4.74 Å². The molecule has 90 valence electrons. The van der Waals surface area contributed by atoms with Crippen LogP contribution in [0.25, 0.3) is 0 Å². The van der Waals surface area contributed by atoms with Crippen LogP contribution in [-0.4, -0.2) is 6.10 Å². The van der Waals surface area contributed by atoms with Gasteiger partial charge in [-0.1, -0.05) is 62.9 Å². The Balaban J connectivity index is 2.08. The normalized spacial score (nSPS) is 12.6. The zero-order valence-corrected chi connectivity index (χ0v) is 10.6. The van der Waals surface area contributed by atoms with Gasteiger partial charge in [0.15, 0.2) is 0 Å². The standard InChI is InChI=1S/C15H24O/c1-3-4-5-7-10-14(2)16-13-15-11-8-6-9-12-15/h6,8-9,11-12,14H,3-5,7,10,13H2,1-2H3/t14-/m0/s1. The Hall–Kier alpha value is -0.820. The van der Waals surface area contributed by atoms with Crippen LogP contribution in [-0.2, 0) is 11.3 Å². The van der Waals surface area contributed by atoms with Gasteiger partial charge in [-0.2, -0.15) is 0 Å². The van der Waals surface area contributed by atoms with E-state index in [0.717, 1.165) is 6.61 Å². The Morgan fingerprint density at radius 3 is 2.50 bits per heavy atom. The summed E-state index contributed by atoms with van der Waals surface area (Å²) in [7, 11) is 0. The maximum atomic E-state index is 5.81. The van der Waals surface area contributed by atoms with Crippen molar-refractivity contribution >= 4 is 0 Å². The molecule has 1 heteroatoms. The molecule has 1 aromatic rings. The molecule has 0 aromatic heterocycles. The number of ether oxygens (including phenoxy) is 1. The summed E-state index contributed by atoms with van der Waals surface area (Å²) in [5, 5.41) is 0. The molecule has 1 nitrogen and oxygen atoms in total. The third kappa shape index (κ3) is 5.92. The second-order valence-corrected chi connectivity index (χ2v) is 4.46. The average molecular weight is 220 g/mol. The molecular weight excluding hydrogens is 196 g/mol. The Bertz CT molecular complexity index is 255. The SMILES string of the molecule is CCCCCC[C@H](C)OCc1ccccc1. The Morgan fingerprint density at radius 1 is 1.06 bits per heavy atom. The molecule has 0 unspecified atom stereocenters. The largest absolute Gasteiger partial charge is 0.374 e. The number of rotatable bonds is 8. The number of hydrogen-bond donors (Lipinski definition) is 0. The lowest BCUT2D eigenvalue weighted by Crippen LogP contribution is -2.07. The smallest absolute Gasteiger partial charge is 0.0720 e. The topological polar surface area (TPSA) is 9.23 Å². The second kappa shape index (κ2) is 8.35. The lowest BCUT2D eigenvalue weighted by molar-refractivity contribution is 0.0459. The molecule has 0 spiro atoms. The van der Waals surface area contributed by atoms with Gasteiger partial charge in [0.05, 0.1) is 12.7 Å². The van der Waals surface area contributed by atoms with E-state index in [9.17, 15) is 0 Å². The molecule has 0 bridgehead atoms. The molecular formula is C15H24O. The van der Waals surface area contributed by atoms with Crippen LogP contribution in [0.1, 0.15) is 51.5 Å². The summed E-state index contributed by atoms with van der Waals surface area (Å²) in [4.78, 5) is 0. The van der Waals surface area contributed by atoms with E-state index >= 15 is 0 Å². The number of hydrogen-bond acceptors (Lipinski definition) is 1. The molecule has 0 saturated carbocycles. The monoisotopic (exact) mass is 220 g/mol. The second-order valence-electron chi connectivity index (χ2n) is 4.46. The molecule has 0 saturated heterocycles. The summed E-state index contributed by atoms with van der Waals surface area (Å²) < 4.78 is 5.81. The van der Waals surface area contributed by atoms with Gasteiger partial charge in [0, 0.05) is 0 Å². The van der Waals surface area contributed by atoms with Gasteiger partial charge in [0.2, 0.25) is 0 Å². The van der Waals surface area contributed by atoms with Crippen molar-refractivity contribution < 1.29 is 4.74 Å². The fourth-order valence-corrected chi connectivity index (χ4v) is 1.75. The van der Waals surface area contributed by atoms with Crippen molar-refractivity contribution in [1.82, 2.24) is 0 Å². The molecule has 0 fully saturated rings. The first kappa shape index (κ1) is 13.2. The first-order chi connectivity index (χ1) is 7.83. The van der Waals surface area contributed by atoms with E-state index in [-0.39, 0.29) is 0 Å². The fourth-order valence-electron chi connectivity index (χ4n) is 1.75. The van der Waals surface area contributed by atoms with Gasteiger partial charge in [0.1, 0.15) is 0 Å². The molecule has 1 rings (SSSR count). The zero-order valence-electron chi connectivity index (χ0n) is 10.6. The Morgan fingerprint density at radius 2 is 1.81 bits per heavy atom. The summed E-state index contributed by atoms with van der Waals surface area (Å²) in [6, 6.07) is 10.4. The molecule has 0 amide bonds. The molecule has 0 radical (unpaired) electrons. The third-order valence-electron chi connectivity index (χ3n) is 2.84.